The van der Waals surface area contributed by atoms with E-state index in [4.69, 9.17) is 0 Å². The number of rotatable bonds is 2. The van der Waals surface area contributed by atoms with Crippen molar-refractivity contribution < 1.29 is 4.39 Å². The molecule has 20 heavy (non-hydrogen) atoms. The number of nitrogens with zero attached hydrogens (tertiary/aromatic N) is 3. The van der Waals surface area contributed by atoms with Gasteiger partial charge in [-0.05, 0) is 28.1 Å². The molecular formula is C14H14BrFN4. The first-order valence-electron chi connectivity index (χ1n) is 6.41. The van der Waals surface area contributed by atoms with E-state index >= 15 is 0 Å². The van der Waals surface area contributed by atoms with E-state index in [2.05, 4.69) is 31.2 Å². The minimum Gasteiger partial charge on any atom is -0.327 e. The van der Waals surface area contributed by atoms with E-state index < -0.39 is 0 Å². The molecule has 1 aliphatic rings. The molecular weight excluding hydrogens is 323 g/mol. The van der Waals surface area contributed by atoms with Crippen LogP contribution in [-0.4, -0.2) is 23.6 Å². The van der Waals surface area contributed by atoms with Gasteiger partial charge in [-0.1, -0.05) is 12.1 Å². The molecule has 0 fully saturated rings. The standard InChI is InChI=1S/C14H14BrFN4/c1-20(12-5-3-2-4-10(12)16)13-9-8-17-7-6-11(9)18-14(15)19-13/h2-5,17H,6-8H2,1H3. The summed E-state index contributed by atoms with van der Waals surface area (Å²) in [6, 6.07) is 6.69. The van der Waals surface area contributed by atoms with Crippen LogP contribution in [0.4, 0.5) is 15.9 Å². The van der Waals surface area contributed by atoms with Crippen LogP contribution in [0, 0.1) is 5.82 Å². The zero-order valence-electron chi connectivity index (χ0n) is 11.0. The van der Waals surface area contributed by atoms with Crippen LogP contribution in [-0.2, 0) is 13.0 Å². The maximum Gasteiger partial charge on any atom is 0.198 e. The number of anilines is 2. The summed E-state index contributed by atoms with van der Waals surface area (Å²) in [5.74, 6) is 0.474. The maximum atomic E-state index is 13.9. The highest BCUT2D eigenvalue weighted by Crippen LogP contribution is 2.30. The van der Waals surface area contributed by atoms with E-state index in [1.165, 1.54) is 6.07 Å². The molecule has 1 aromatic heterocycles. The van der Waals surface area contributed by atoms with Gasteiger partial charge in [-0.3, -0.25) is 0 Å². The van der Waals surface area contributed by atoms with Crippen molar-refractivity contribution in [2.24, 2.45) is 0 Å². The normalized spacial score (nSPS) is 13.9. The lowest BCUT2D eigenvalue weighted by atomic mass is 10.1. The number of hydrogen-bond acceptors (Lipinski definition) is 4. The zero-order chi connectivity index (χ0) is 14.1. The fraction of sp³-hybridized carbons (Fsp3) is 0.286. The molecule has 0 saturated heterocycles. The third-order valence-electron chi connectivity index (χ3n) is 3.42. The quantitative estimate of drug-likeness (QED) is 0.856. The summed E-state index contributed by atoms with van der Waals surface area (Å²) >= 11 is 3.34. The molecule has 0 unspecified atom stereocenters. The summed E-state index contributed by atoms with van der Waals surface area (Å²) in [7, 11) is 1.82. The van der Waals surface area contributed by atoms with Crippen molar-refractivity contribution in [3.8, 4) is 0 Å². The highest BCUT2D eigenvalue weighted by atomic mass is 79.9. The van der Waals surface area contributed by atoms with Gasteiger partial charge in [-0.25, -0.2) is 14.4 Å². The second kappa shape index (κ2) is 5.46. The lowest BCUT2D eigenvalue weighted by molar-refractivity contribution is 0.617. The van der Waals surface area contributed by atoms with Crippen LogP contribution < -0.4 is 10.2 Å². The van der Waals surface area contributed by atoms with Crippen molar-refractivity contribution in [1.82, 2.24) is 15.3 Å². The number of nitrogens with one attached hydrogen (secondary N) is 1. The number of halogens is 2. The van der Waals surface area contributed by atoms with Crippen molar-refractivity contribution in [3.05, 3.63) is 46.1 Å². The first-order chi connectivity index (χ1) is 9.66. The SMILES string of the molecule is CN(c1ccccc1F)c1nc(Br)nc2c1CNCC2. The van der Waals surface area contributed by atoms with Crippen LogP contribution >= 0.6 is 15.9 Å². The van der Waals surface area contributed by atoms with Crippen molar-refractivity contribution in [3.63, 3.8) is 0 Å². The van der Waals surface area contributed by atoms with Gasteiger partial charge in [0.2, 0.25) is 0 Å². The van der Waals surface area contributed by atoms with Gasteiger partial charge in [0.1, 0.15) is 11.6 Å². The fourth-order valence-corrected chi connectivity index (χ4v) is 2.79. The van der Waals surface area contributed by atoms with Gasteiger partial charge in [0.15, 0.2) is 4.73 Å². The highest BCUT2D eigenvalue weighted by Gasteiger charge is 2.21. The van der Waals surface area contributed by atoms with E-state index in [1.54, 1.807) is 17.0 Å². The molecule has 1 aliphatic heterocycles. The van der Waals surface area contributed by atoms with E-state index in [1.807, 2.05) is 13.1 Å². The van der Waals surface area contributed by atoms with Crippen molar-refractivity contribution in [2.75, 3.05) is 18.5 Å². The zero-order valence-corrected chi connectivity index (χ0v) is 12.6. The van der Waals surface area contributed by atoms with Crippen LogP contribution in [0.3, 0.4) is 0 Å². The molecule has 1 N–H and O–H groups in total. The Bertz CT molecular complexity index is 647. The minimum absolute atomic E-state index is 0.262. The predicted octanol–water partition coefficient (Wildman–Crippen LogP) is 2.79. The average Bonchev–Trinajstić information content (AvgIpc) is 2.46. The van der Waals surface area contributed by atoms with Gasteiger partial charge in [0.25, 0.3) is 0 Å². The molecule has 2 heterocycles. The third kappa shape index (κ3) is 2.41. The molecule has 3 rings (SSSR count). The Labute approximate surface area is 125 Å². The first-order valence-corrected chi connectivity index (χ1v) is 7.20. The lowest BCUT2D eigenvalue weighted by Crippen LogP contribution is -2.28. The van der Waals surface area contributed by atoms with Gasteiger partial charge < -0.3 is 10.2 Å². The summed E-state index contributed by atoms with van der Waals surface area (Å²) in [4.78, 5) is 10.6. The Morgan fingerprint density at radius 1 is 1.30 bits per heavy atom. The second-order valence-electron chi connectivity index (χ2n) is 4.68. The smallest absolute Gasteiger partial charge is 0.198 e. The molecule has 0 radical (unpaired) electrons. The molecule has 0 saturated carbocycles. The number of benzene rings is 1. The second-order valence-corrected chi connectivity index (χ2v) is 5.39. The van der Waals surface area contributed by atoms with Crippen LogP contribution in [0.1, 0.15) is 11.3 Å². The largest absolute Gasteiger partial charge is 0.327 e. The summed E-state index contributed by atoms with van der Waals surface area (Å²) in [5.41, 5.74) is 2.56. The Hall–Kier alpha value is -1.53. The van der Waals surface area contributed by atoms with Crippen molar-refractivity contribution in [1.29, 1.82) is 0 Å². The van der Waals surface area contributed by atoms with Crippen LogP contribution in [0.5, 0.6) is 0 Å². The van der Waals surface area contributed by atoms with E-state index in [-0.39, 0.29) is 5.82 Å². The summed E-state index contributed by atoms with van der Waals surface area (Å²) < 4.78 is 14.5. The molecule has 0 bridgehead atoms. The van der Waals surface area contributed by atoms with Crippen LogP contribution in [0.2, 0.25) is 0 Å². The number of para-hydroxylation sites is 1. The fourth-order valence-electron chi connectivity index (χ4n) is 2.41. The summed E-state index contributed by atoms with van der Waals surface area (Å²) in [5, 5.41) is 3.31. The number of aromatic nitrogens is 2. The van der Waals surface area contributed by atoms with E-state index in [9.17, 15) is 4.39 Å². The highest BCUT2D eigenvalue weighted by molar-refractivity contribution is 9.10. The molecule has 2 aromatic rings. The third-order valence-corrected chi connectivity index (χ3v) is 3.77. The minimum atomic E-state index is -0.262. The Balaban J connectivity index is 2.10. The molecule has 0 atom stereocenters. The number of hydrogen-bond donors (Lipinski definition) is 1. The van der Waals surface area contributed by atoms with Crippen molar-refractivity contribution in [2.45, 2.75) is 13.0 Å². The Kier molecular flexibility index (Phi) is 3.67. The van der Waals surface area contributed by atoms with Gasteiger partial charge >= 0.3 is 0 Å². The lowest BCUT2D eigenvalue weighted by Gasteiger charge is -2.25. The number of fused-ring (bicyclic) bond motifs is 1. The molecule has 0 aliphatic carbocycles. The molecule has 0 spiro atoms. The van der Waals surface area contributed by atoms with Crippen LogP contribution in [0.25, 0.3) is 0 Å². The first kappa shape index (κ1) is 13.5. The van der Waals surface area contributed by atoms with E-state index in [0.29, 0.717) is 17.0 Å². The molecule has 1 aromatic carbocycles. The summed E-state index contributed by atoms with van der Waals surface area (Å²) in [6.45, 7) is 1.61. The molecule has 6 heteroatoms. The van der Waals surface area contributed by atoms with Gasteiger partial charge in [-0.2, -0.15) is 0 Å². The molecule has 0 amide bonds. The molecule has 104 valence electrons. The maximum absolute atomic E-state index is 13.9. The van der Waals surface area contributed by atoms with Gasteiger partial charge in [0.05, 0.1) is 11.4 Å². The Morgan fingerprint density at radius 2 is 2.10 bits per heavy atom. The topological polar surface area (TPSA) is 41.1 Å². The summed E-state index contributed by atoms with van der Waals surface area (Å²) in [6.07, 6.45) is 0.856. The monoisotopic (exact) mass is 336 g/mol. The average molecular weight is 337 g/mol. The van der Waals surface area contributed by atoms with Gasteiger partial charge in [0, 0.05) is 32.1 Å². The van der Waals surface area contributed by atoms with Crippen molar-refractivity contribution >= 4 is 27.4 Å². The predicted molar refractivity (Wildman–Crippen MR) is 79.6 cm³/mol. The van der Waals surface area contributed by atoms with Gasteiger partial charge in [-0.15, -0.1) is 0 Å². The Morgan fingerprint density at radius 3 is 2.90 bits per heavy atom. The molecule has 4 nitrogen and oxygen atoms in total. The van der Waals surface area contributed by atoms with E-state index in [0.717, 1.165) is 30.0 Å². The van der Waals surface area contributed by atoms with Crippen LogP contribution in [0.15, 0.2) is 29.0 Å².